The third-order valence-corrected chi connectivity index (χ3v) is 4.32. The minimum absolute atomic E-state index is 0.0781. The Bertz CT molecular complexity index is 801. The van der Waals surface area contributed by atoms with Crippen molar-refractivity contribution in [2.24, 2.45) is 0 Å². The van der Waals surface area contributed by atoms with E-state index in [4.69, 9.17) is 4.74 Å². The standard InChI is InChI=1S/C20H19F6NO2/c1-27(18(28)17(29-2)14-6-4-3-5-7-14)9-8-13-10-15(19(21,22)23)12-16(11-13)20(24,25)26/h3-7,10-12,17H,8-9H2,1-2H3/t17-/m1/s1. The fourth-order valence-electron chi connectivity index (χ4n) is 2.78. The first-order valence-electron chi connectivity index (χ1n) is 8.54. The molecule has 0 fully saturated rings. The normalized spacial score (nSPS) is 13.2. The van der Waals surface area contributed by atoms with Crippen LogP contribution < -0.4 is 0 Å². The van der Waals surface area contributed by atoms with Crippen molar-refractivity contribution in [3.63, 3.8) is 0 Å². The van der Waals surface area contributed by atoms with Crippen LogP contribution >= 0.6 is 0 Å². The number of nitrogens with zero attached hydrogens (tertiary/aromatic N) is 1. The summed E-state index contributed by atoms with van der Waals surface area (Å²) in [6.07, 6.45) is -10.9. The Morgan fingerprint density at radius 3 is 1.93 bits per heavy atom. The maximum absolute atomic E-state index is 13.0. The van der Waals surface area contributed by atoms with Crippen LogP contribution in [-0.2, 0) is 28.3 Å². The summed E-state index contributed by atoms with van der Waals surface area (Å²) in [5.41, 5.74) is -2.34. The zero-order valence-electron chi connectivity index (χ0n) is 15.6. The number of hydrogen-bond donors (Lipinski definition) is 0. The van der Waals surface area contributed by atoms with E-state index in [0.29, 0.717) is 17.7 Å². The molecule has 0 aliphatic rings. The van der Waals surface area contributed by atoms with Gasteiger partial charge in [-0.15, -0.1) is 0 Å². The second-order valence-corrected chi connectivity index (χ2v) is 6.45. The van der Waals surface area contributed by atoms with Crippen molar-refractivity contribution < 1.29 is 35.9 Å². The number of benzene rings is 2. The lowest BCUT2D eigenvalue weighted by atomic mass is 10.0. The molecule has 0 N–H and O–H groups in total. The van der Waals surface area contributed by atoms with E-state index in [2.05, 4.69) is 0 Å². The molecule has 158 valence electrons. The fraction of sp³-hybridized carbons (Fsp3) is 0.350. The van der Waals surface area contributed by atoms with Crippen LogP contribution in [0.25, 0.3) is 0 Å². The Morgan fingerprint density at radius 2 is 1.48 bits per heavy atom. The number of carbonyl (C=O) groups excluding carboxylic acids is 1. The first-order valence-corrected chi connectivity index (χ1v) is 8.54. The first kappa shape index (κ1) is 22.7. The van der Waals surface area contributed by atoms with Crippen LogP contribution in [0.4, 0.5) is 26.3 Å². The minimum atomic E-state index is -4.91. The molecule has 0 unspecified atom stereocenters. The summed E-state index contributed by atoms with van der Waals surface area (Å²) in [5.74, 6) is -0.457. The molecule has 1 amide bonds. The maximum atomic E-state index is 13.0. The van der Waals surface area contributed by atoms with Crippen molar-refractivity contribution in [3.05, 3.63) is 70.8 Å². The van der Waals surface area contributed by atoms with Gasteiger partial charge in [-0.2, -0.15) is 26.3 Å². The van der Waals surface area contributed by atoms with Gasteiger partial charge in [0.15, 0.2) is 6.10 Å². The van der Waals surface area contributed by atoms with Gasteiger partial charge in [-0.1, -0.05) is 30.3 Å². The Balaban J connectivity index is 2.18. The maximum Gasteiger partial charge on any atom is 0.416 e. The summed E-state index contributed by atoms with van der Waals surface area (Å²) in [7, 11) is 2.75. The number of alkyl halides is 6. The Kier molecular flexibility index (Phi) is 6.94. The Labute approximate surface area is 163 Å². The predicted molar refractivity (Wildman–Crippen MR) is 94.0 cm³/mol. The third-order valence-electron chi connectivity index (χ3n) is 4.32. The lowest BCUT2D eigenvalue weighted by Gasteiger charge is -2.23. The molecule has 0 saturated carbocycles. The second kappa shape index (κ2) is 8.86. The number of ether oxygens (including phenoxy) is 1. The van der Waals surface area contributed by atoms with Crippen molar-refractivity contribution in [2.45, 2.75) is 24.9 Å². The molecule has 1 atom stereocenters. The highest BCUT2D eigenvalue weighted by Gasteiger charge is 2.36. The van der Waals surface area contributed by atoms with Crippen LogP contribution in [0, 0.1) is 0 Å². The van der Waals surface area contributed by atoms with Gasteiger partial charge in [0.1, 0.15) is 0 Å². The Morgan fingerprint density at radius 1 is 0.966 bits per heavy atom. The van der Waals surface area contributed by atoms with Gasteiger partial charge in [0.05, 0.1) is 11.1 Å². The summed E-state index contributed by atoms with van der Waals surface area (Å²) in [6, 6.07) is 9.97. The third kappa shape index (κ3) is 5.96. The number of hydrogen-bond acceptors (Lipinski definition) is 2. The summed E-state index contributed by atoms with van der Waals surface area (Å²) >= 11 is 0. The van der Waals surface area contributed by atoms with Gasteiger partial charge in [0.2, 0.25) is 0 Å². The molecule has 0 aliphatic carbocycles. The molecule has 0 aliphatic heterocycles. The molecule has 0 saturated heterocycles. The number of rotatable bonds is 6. The van der Waals surface area contributed by atoms with Gasteiger partial charge in [0, 0.05) is 20.7 Å². The van der Waals surface area contributed by atoms with E-state index in [0.717, 1.165) is 0 Å². The Hall–Kier alpha value is -2.55. The number of halogens is 6. The fourth-order valence-corrected chi connectivity index (χ4v) is 2.78. The molecular formula is C20H19F6NO2. The molecule has 29 heavy (non-hydrogen) atoms. The average Bonchev–Trinajstić information content (AvgIpc) is 2.65. The number of methoxy groups -OCH3 is 1. The number of carbonyl (C=O) groups is 1. The molecule has 2 aromatic carbocycles. The molecule has 0 aromatic heterocycles. The molecule has 3 nitrogen and oxygen atoms in total. The summed E-state index contributed by atoms with van der Waals surface area (Å²) in [5, 5.41) is 0. The quantitative estimate of drug-likeness (QED) is 0.609. The van der Waals surface area contributed by atoms with Crippen molar-refractivity contribution in [2.75, 3.05) is 20.7 Å². The van der Waals surface area contributed by atoms with Gasteiger partial charge in [-0.05, 0) is 35.7 Å². The highest BCUT2D eigenvalue weighted by Crippen LogP contribution is 2.36. The van der Waals surface area contributed by atoms with Crippen LogP contribution in [0.3, 0.4) is 0 Å². The molecule has 0 heterocycles. The lowest BCUT2D eigenvalue weighted by Crippen LogP contribution is -2.34. The van der Waals surface area contributed by atoms with Gasteiger partial charge >= 0.3 is 12.4 Å². The topological polar surface area (TPSA) is 29.5 Å². The second-order valence-electron chi connectivity index (χ2n) is 6.45. The zero-order chi connectivity index (χ0) is 21.8. The lowest BCUT2D eigenvalue weighted by molar-refractivity contribution is -0.143. The molecule has 0 bridgehead atoms. The molecule has 2 aromatic rings. The highest BCUT2D eigenvalue weighted by molar-refractivity contribution is 5.82. The van der Waals surface area contributed by atoms with Crippen LogP contribution in [0.5, 0.6) is 0 Å². The summed E-state index contributed by atoms with van der Waals surface area (Å²) < 4.78 is 82.9. The van der Waals surface area contributed by atoms with Gasteiger partial charge in [-0.25, -0.2) is 0 Å². The van der Waals surface area contributed by atoms with Crippen molar-refractivity contribution in [3.8, 4) is 0 Å². The van der Waals surface area contributed by atoms with E-state index in [1.807, 2.05) is 0 Å². The van der Waals surface area contributed by atoms with E-state index in [9.17, 15) is 31.1 Å². The van der Waals surface area contributed by atoms with Crippen molar-refractivity contribution in [1.29, 1.82) is 0 Å². The summed E-state index contributed by atoms with van der Waals surface area (Å²) in [4.78, 5) is 13.8. The molecule has 9 heteroatoms. The van der Waals surface area contributed by atoms with Crippen LogP contribution in [0.1, 0.15) is 28.4 Å². The summed E-state index contributed by atoms with van der Waals surface area (Å²) in [6.45, 7) is -0.0792. The predicted octanol–water partition coefficient (Wildman–Crippen LogP) is 5.11. The van der Waals surface area contributed by atoms with E-state index < -0.39 is 35.5 Å². The van der Waals surface area contributed by atoms with Gasteiger partial charge < -0.3 is 9.64 Å². The van der Waals surface area contributed by atoms with Crippen LogP contribution in [0.15, 0.2) is 48.5 Å². The average molecular weight is 419 g/mol. The SMILES string of the molecule is CO[C@@H](C(=O)N(C)CCc1cc(C(F)(F)F)cc(C(F)(F)F)c1)c1ccccc1. The monoisotopic (exact) mass is 419 g/mol. The number of amides is 1. The molecule has 2 rings (SSSR count). The minimum Gasteiger partial charge on any atom is -0.367 e. The van der Waals surface area contributed by atoms with Crippen LogP contribution in [-0.4, -0.2) is 31.5 Å². The molecular weight excluding hydrogens is 400 g/mol. The van der Waals surface area contributed by atoms with E-state index in [1.165, 1.54) is 19.1 Å². The van der Waals surface area contributed by atoms with Crippen molar-refractivity contribution in [1.82, 2.24) is 4.90 Å². The highest BCUT2D eigenvalue weighted by atomic mass is 19.4. The molecule has 0 spiro atoms. The van der Waals surface area contributed by atoms with Gasteiger partial charge in [-0.3, -0.25) is 4.79 Å². The van der Waals surface area contributed by atoms with Gasteiger partial charge in [0.25, 0.3) is 5.91 Å². The molecule has 0 radical (unpaired) electrons. The van der Waals surface area contributed by atoms with E-state index in [-0.39, 0.29) is 24.6 Å². The zero-order valence-corrected chi connectivity index (χ0v) is 15.6. The largest absolute Gasteiger partial charge is 0.416 e. The van der Waals surface area contributed by atoms with Crippen molar-refractivity contribution >= 4 is 5.91 Å². The van der Waals surface area contributed by atoms with E-state index >= 15 is 0 Å². The van der Waals surface area contributed by atoms with Crippen LogP contribution in [0.2, 0.25) is 0 Å². The first-order chi connectivity index (χ1) is 13.4. The van der Waals surface area contributed by atoms with E-state index in [1.54, 1.807) is 30.3 Å². The number of likely N-dealkylation sites (N-methyl/N-ethyl adjacent to an activating group) is 1. The smallest absolute Gasteiger partial charge is 0.367 e.